The summed E-state index contributed by atoms with van der Waals surface area (Å²) in [6.07, 6.45) is 0. The standard InChI is InChI=1S/C19H18N6O4S2/c1-12(14-4-2-13(10-20)3-5-14)21-19(31(27,28)29)23-16-8-6-15(7-9-16)22-18(26)17-11-30-25-24-17/h2-9,11-12,19,21,23H,1H3,(H,22,26)(H,27,28,29). The number of carbonyl (C=O) groups excluding carboxylic acids is 1. The Balaban J connectivity index is 1.67. The van der Waals surface area contributed by atoms with Gasteiger partial charge in [-0.25, -0.2) is 0 Å². The summed E-state index contributed by atoms with van der Waals surface area (Å²) in [6, 6.07) is 14.5. The Morgan fingerprint density at radius 3 is 2.32 bits per heavy atom. The number of rotatable bonds is 8. The van der Waals surface area contributed by atoms with Crippen molar-refractivity contribution < 1.29 is 17.8 Å². The van der Waals surface area contributed by atoms with Gasteiger partial charge in [0.1, 0.15) is 0 Å². The Morgan fingerprint density at radius 1 is 1.13 bits per heavy atom. The molecule has 3 aromatic rings. The van der Waals surface area contributed by atoms with Crippen molar-refractivity contribution in [2.45, 2.75) is 18.5 Å². The van der Waals surface area contributed by atoms with Crippen LogP contribution < -0.4 is 16.0 Å². The predicted molar refractivity (Wildman–Crippen MR) is 116 cm³/mol. The number of nitrogens with one attached hydrogen (secondary N) is 3. The fourth-order valence-corrected chi connectivity index (χ4v) is 3.73. The van der Waals surface area contributed by atoms with E-state index in [2.05, 4.69) is 25.5 Å². The molecule has 1 amide bonds. The third-order valence-electron chi connectivity index (χ3n) is 4.27. The monoisotopic (exact) mass is 458 g/mol. The van der Waals surface area contributed by atoms with Gasteiger partial charge in [0, 0.05) is 22.8 Å². The largest absolute Gasteiger partial charge is 0.355 e. The molecule has 2 unspecified atom stereocenters. The normalized spacial score (nSPS) is 13.1. The number of amides is 1. The molecule has 31 heavy (non-hydrogen) atoms. The summed E-state index contributed by atoms with van der Waals surface area (Å²) in [6.45, 7) is 1.73. The molecule has 160 valence electrons. The van der Waals surface area contributed by atoms with E-state index < -0.39 is 27.6 Å². The molecule has 12 heteroatoms. The summed E-state index contributed by atoms with van der Waals surface area (Å²) in [7, 11) is -4.50. The van der Waals surface area contributed by atoms with Crippen LogP contribution in [0.1, 0.15) is 34.6 Å². The van der Waals surface area contributed by atoms with E-state index >= 15 is 0 Å². The van der Waals surface area contributed by atoms with Gasteiger partial charge in [0.2, 0.25) is 5.50 Å². The first-order chi connectivity index (χ1) is 14.8. The first kappa shape index (κ1) is 22.3. The number of carbonyl (C=O) groups is 1. The highest BCUT2D eigenvalue weighted by atomic mass is 32.2. The maximum absolute atomic E-state index is 12.0. The lowest BCUT2D eigenvalue weighted by molar-refractivity contribution is 0.102. The molecule has 0 aliphatic heterocycles. The predicted octanol–water partition coefficient (Wildman–Crippen LogP) is 2.60. The van der Waals surface area contributed by atoms with Crippen molar-refractivity contribution in [2.24, 2.45) is 0 Å². The molecular weight excluding hydrogens is 440 g/mol. The number of nitriles is 1. The van der Waals surface area contributed by atoms with Crippen LogP contribution in [0.25, 0.3) is 0 Å². The molecule has 0 saturated heterocycles. The number of hydrogen-bond donors (Lipinski definition) is 4. The lowest BCUT2D eigenvalue weighted by Gasteiger charge is -2.23. The van der Waals surface area contributed by atoms with Gasteiger partial charge in [-0.2, -0.15) is 13.7 Å². The second kappa shape index (κ2) is 9.63. The van der Waals surface area contributed by atoms with Gasteiger partial charge in [-0.15, -0.1) is 5.10 Å². The number of nitrogens with zero attached hydrogens (tertiary/aromatic N) is 3. The summed E-state index contributed by atoms with van der Waals surface area (Å²) in [5.74, 6) is -0.414. The maximum Gasteiger partial charge on any atom is 0.300 e. The Morgan fingerprint density at radius 2 is 1.77 bits per heavy atom. The zero-order valence-corrected chi connectivity index (χ0v) is 17.8. The SMILES string of the molecule is CC(NC(Nc1ccc(NC(=O)c2csnn2)cc1)S(=O)(=O)O)c1ccc(C#N)cc1. The van der Waals surface area contributed by atoms with Crippen LogP contribution in [0.5, 0.6) is 0 Å². The molecular formula is C19H18N6O4S2. The summed E-state index contributed by atoms with van der Waals surface area (Å²) >= 11 is 1.06. The van der Waals surface area contributed by atoms with Gasteiger partial charge in [-0.3, -0.25) is 14.7 Å². The first-order valence-electron chi connectivity index (χ1n) is 8.93. The van der Waals surface area contributed by atoms with Crippen LogP contribution in [0, 0.1) is 11.3 Å². The van der Waals surface area contributed by atoms with Crippen molar-refractivity contribution in [2.75, 3.05) is 10.6 Å². The van der Waals surface area contributed by atoms with Gasteiger partial charge in [0.05, 0.1) is 11.6 Å². The van der Waals surface area contributed by atoms with E-state index in [4.69, 9.17) is 5.26 Å². The number of hydrogen-bond acceptors (Lipinski definition) is 9. The second-order valence-corrected chi connectivity index (χ2v) is 8.59. The van der Waals surface area contributed by atoms with Crippen molar-refractivity contribution in [3.63, 3.8) is 0 Å². The minimum Gasteiger partial charge on any atom is -0.355 e. The van der Waals surface area contributed by atoms with Gasteiger partial charge >= 0.3 is 0 Å². The third kappa shape index (κ3) is 6.06. The van der Waals surface area contributed by atoms with Gasteiger partial charge in [-0.1, -0.05) is 16.6 Å². The molecule has 1 aromatic heterocycles. The van der Waals surface area contributed by atoms with Crippen LogP contribution >= 0.6 is 11.5 Å². The van der Waals surface area contributed by atoms with Crippen LogP contribution in [0.15, 0.2) is 53.9 Å². The zero-order valence-electron chi connectivity index (χ0n) is 16.2. The van der Waals surface area contributed by atoms with E-state index in [0.717, 1.165) is 17.1 Å². The van der Waals surface area contributed by atoms with Crippen molar-refractivity contribution in [1.29, 1.82) is 5.26 Å². The Kier molecular flexibility index (Phi) is 6.93. The molecule has 0 aliphatic carbocycles. The van der Waals surface area contributed by atoms with Crippen LogP contribution in [0.3, 0.4) is 0 Å². The highest BCUT2D eigenvalue weighted by Crippen LogP contribution is 2.19. The van der Waals surface area contributed by atoms with Crippen LogP contribution in [0.2, 0.25) is 0 Å². The van der Waals surface area contributed by atoms with Crippen LogP contribution in [-0.4, -0.2) is 34.0 Å². The minimum absolute atomic E-state index is 0.194. The molecule has 0 saturated carbocycles. The lowest BCUT2D eigenvalue weighted by atomic mass is 10.1. The fourth-order valence-electron chi connectivity index (χ4n) is 2.63. The number of anilines is 2. The summed E-state index contributed by atoms with van der Waals surface area (Å²) in [5, 5.41) is 22.3. The molecule has 2 atom stereocenters. The summed E-state index contributed by atoms with van der Waals surface area (Å²) < 4.78 is 37.0. The molecule has 0 radical (unpaired) electrons. The van der Waals surface area contributed by atoms with Crippen LogP contribution in [-0.2, 0) is 10.1 Å². The zero-order chi connectivity index (χ0) is 22.4. The molecule has 0 aliphatic rings. The van der Waals surface area contributed by atoms with E-state index in [-0.39, 0.29) is 5.69 Å². The quantitative estimate of drug-likeness (QED) is 0.294. The minimum atomic E-state index is -4.50. The van der Waals surface area contributed by atoms with Gasteiger partial charge in [0.15, 0.2) is 5.69 Å². The molecule has 0 fully saturated rings. The molecule has 10 nitrogen and oxygen atoms in total. The fraction of sp³-hybridized carbons (Fsp3) is 0.158. The molecule has 0 spiro atoms. The van der Waals surface area contributed by atoms with E-state index in [1.165, 1.54) is 5.38 Å². The molecule has 1 heterocycles. The molecule has 0 bridgehead atoms. The van der Waals surface area contributed by atoms with Crippen molar-refractivity contribution in [3.8, 4) is 6.07 Å². The van der Waals surface area contributed by atoms with E-state index in [1.807, 2.05) is 6.07 Å². The third-order valence-corrected chi connectivity index (χ3v) is 5.63. The Hall–Kier alpha value is -3.37. The van der Waals surface area contributed by atoms with Gasteiger partial charge in [-0.05, 0) is 60.4 Å². The molecule has 4 N–H and O–H groups in total. The van der Waals surface area contributed by atoms with Crippen molar-refractivity contribution in [3.05, 3.63) is 70.7 Å². The summed E-state index contributed by atoms with van der Waals surface area (Å²) in [4.78, 5) is 12.0. The average molecular weight is 459 g/mol. The van der Waals surface area contributed by atoms with E-state index in [0.29, 0.717) is 16.9 Å². The topological polar surface area (TPSA) is 157 Å². The lowest BCUT2D eigenvalue weighted by Crippen LogP contribution is -2.44. The number of aromatic nitrogens is 2. The second-order valence-electron chi connectivity index (χ2n) is 6.48. The van der Waals surface area contributed by atoms with E-state index in [9.17, 15) is 17.8 Å². The van der Waals surface area contributed by atoms with E-state index in [1.54, 1.807) is 55.5 Å². The van der Waals surface area contributed by atoms with Crippen molar-refractivity contribution in [1.82, 2.24) is 14.9 Å². The Bertz CT molecular complexity index is 1170. The summed E-state index contributed by atoms with van der Waals surface area (Å²) in [5.41, 5.74) is 0.809. The Labute approximate surface area is 182 Å². The highest BCUT2D eigenvalue weighted by molar-refractivity contribution is 7.86. The molecule has 2 aromatic carbocycles. The smallest absolute Gasteiger partial charge is 0.300 e. The van der Waals surface area contributed by atoms with Crippen molar-refractivity contribution >= 4 is 38.9 Å². The maximum atomic E-state index is 12.0. The van der Waals surface area contributed by atoms with Gasteiger partial charge in [0.25, 0.3) is 16.0 Å². The number of benzene rings is 2. The average Bonchev–Trinajstić information content (AvgIpc) is 3.29. The highest BCUT2D eigenvalue weighted by Gasteiger charge is 2.25. The first-order valence-corrected chi connectivity index (χ1v) is 11.3. The van der Waals surface area contributed by atoms with Crippen LogP contribution in [0.4, 0.5) is 11.4 Å². The van der Waals surface area contributed by atoms with Gasteiger partial charge < -0.3 is 10.6 Å². The molecule has 3 rings (SSSR count).